The Hall–Kier alpha value is -0.920. The molecule has 0 radical (unpaired) electrons. The van der Waals surface area contributed by atoms with E-state index in [1.54, 1.807) is 12.1 Å². The van der Waals surface area contributed by atoms with Crippen LogP contribution in [0.5, 0.6) is 0 Å². The molecule has 0 bridgehead atoms. The lowest BCUT2D eigenvalue weighted by Crippen LogP contribution is -2.26. The van der Waals surface area contributed by atoms with Crippen LogP contribution in [-0.2, 0) is 10.0 Å². The van der Waals surface area contributed by atoms with Crippen LogP contribution in [0, 0.1) is 0 Å². The van der Waals surface area contributed by atoms with Crippen molar-refractivity contribution in [2.75, 3.05) is 22.6 Å². The van der Waals surface area contributed by atoms with Gasteiger partial charge in [0.05, 0.1) is 11.4 Å². The van der Waals surface area contributed by atoms with Crippen molar-refractivity contribution in [3.05, 3.63) is 18.2 Å². The van der Waals surface area contributed by atoms with Crippen molar-refractivity contribution in [2.45, 2.75) is 23.8 Å². The number of hydrogen-bond donors (Lipinski definition) is 3. The molecule has 5 N–H and O–H groups in total. The largest absolute Gasteiger partial charge is 0.396 e. The molecule has 5 nitrogen and oxygen atoms in total. The molecule has 0 aliphatic carbocycles. The third-order valence-corrected chi connectivity index (χ3v) is 5.08. The van der Waals surface area contributed by atoms with Crippen molar-refractivity contribution >= 4 is 33.2 Å². The molecule has 1 aliphatic heterocycles. The standard InChI is InChI=1S/C11H17N3O2S2/c12-11-9(14-8-3-2-6-17-7-8)4-1-5-10(11)18(13,15)16/h1,4-5,8,14H,2-3,6-7,12H2,(H2,13,15,16). The van der Waals surface area contributed by atoms with E-state index in [2.05, 4.69) is 5.32 Å². The first-order valence-corrected chi connectivity index (χ1v) is 8.44. The van der Waals surface area contributed by atoms with Crippen molar-refractivity contribution in [1.82, 2.24) is 0 Å². The van der Waals surface area contributed by atoms with Gasteiger partial charge in [0.1, 0.15) is 4.90 Å². The number of nitrogens with one attached hydrogen (secondary N) is 1. The molecular weight excluding hydrogens is 270 g/mol. The maximum atomic E-state index is 11.4. The van der Waals surface area contributed by atoms with Gasteiger partial charge in [-0.3, -0.25) is 0 Å². The van der Waals surface area contributed by atoms with E-state index in [1.165, 1.54) is 11.8 Å². The van der Waals surface area contributed by atoms with Crippen molar-refractivity contribution in [2.24, 2.45) is 5.14 Å². The zero-order valence-corrected chi connectivity index (χ0v) is 11.6. The van der Waals surface area contributed by atoms with Crippen LogP contribution in [0.15, 0.2) is 23.1 Å². The Morgan fingerprint density at radius 2 is 2.17 bits per heavy atom. The smallest absolute Gasteiger partial charge is 0.240 e. The van der Waals surface area contributed by atoms with Gasteiger partial charge >= 0.3 is 0 Å². The van der Waals surface area contributed by atoms with Crippen LogP contribution >= 0.6 is 11.8 Å². The van der Waals surface area contributed by atoms with E-state index in [1.807, 2.05) is 11.8 Å². The van der Waals surface area contributed by atoms with E-state index in [-0.39, 0.29) is 10.6 Å². The molecule has 1 atom stereocenters. The summed E-state index contributed by atoms with van der Waals surface area (Å²) in [6.07, 6.45) is 2.24. The van der Waals surface area contributed by atoms with Gasteiger partial charge in [0.15, 0.2) is 0 Å². The molecule has 0 spiro atoms. The minimum atomic E-state index is -3.77. The fraction of sp³-hybridized carbons (Fsp3) is 0.455. The Balaban J connectivity index is 2.23. The second kappa shape index (κ2) is 5.38. The Kier molecular flexibility index (Phi) is 4.04. The van der Waals surface area contributed by atoms with Crippen LogP contribution in [-0.4, -0.2) is 26.0 Å². The average molecular weight is 287 g/mol. The highest BCUT2D eigenvalue weighted by atomic mass is 32.2. The molecule has 1 aliphatic rings. The van der Waals surface area contributed by atoms with Crippen molar-refractivity contribution < 1.29 is 8.42 Å². The zero-order valence-electron chi connectivity index (χ0n) is 9.93. The highest BCUT2D eigenvalue weighted by molar-refractivity contribution is 7.99. The van der Waals surface area contributed by atoms with Gasteiger partial charge in [0.25, 0.3) is 0 Å². The Bertz CT molecular complexity index is 525. The second-order valence-electron chi connectivity index (χ2n) is 4.32. The summed E-state index contributed by atoms with van der Waals surface area (Å²) in [4.78, 5) is -0.0176. The van der Waals surface area contributed by atoms with E-state index >= 15 is 0 Å². The zero-order chi connectivity index (χ0) is 13.2. The maximum absolute atomic E-state index is 11.4. The van der Waals surface area contributed by atoms with Gasteiger partial charge in [0, 0.05) is 11.8 Å². The third kappa shape index (κ3) is 3.09. The molecule has 1 heterocycles. The first-order valence-electron chi connectivity index (χ1n) is 5.74. The fourth-order valence-electron chi connectivity index (χ4n) is 1.99. The minimum Gasteiger partial charge on any atom is -0.396 e. The second-order valence-corrected chi connectivity index (χ2v) is 7.00. The highest BCUT2D eigenvalue weighted by Gasteiger charge is 2.18. The van der Waals surface area contributed by atoms with Crippen LogP contribution in [0.1, 0.15) is 12.8 Å². The van der Waals surface area contributed by atoms with Gasteiger partial charge in [-0.2, -0.15) is 11.8 Å². The SMILES string of the molecule is Nc1c(NC2CCCSC2)cccc1S(N)(=O)=O. The summed E-state index contributed by atoms with van der Waals surface area (Å²) in [6, 6.07) is 5.19. The number of sulfonamides is 1. The van der Waals surface area contributed by atoms with E-state index in [4.69, 9.17) is 10.9 Å². The minimum absolute atomic E-state index is 0.0176. The molecule has 18 heavy (non-hydrogen) atoms. The quantitative estimate of drug-likeness (QED) is 0.726. The number of primary sulfonamides is 1. The highest BCUT2D eigenvalue weighted by Crippen LogP contribution is 2.28. The number of thioether (sulfide) groups is 1. The van der Waals surface area contributed by atoms with E-state index in [0.29, 0.717) is 11.7 Å². The van der Waals surface area contributed by atoms with Gasteiger partial charge in [-0.15, -0.1) is 0 Å². The van der Waals surface area contributed by atoms with Gasteiger partial charge in [-0.05, 0) is 30.7 Å². The van der Waals surface area contributed by atoms with E-state index in [0.717, 1.165) is 18.6 Å². The molecule has 7 heteroatoms. The number of hydrogen-bond acceptors (Lipinski definition) is 5. The predicted octanol–water partition coefficient (Wildman–Crippen LogP) is 1.22. The monoisotopic (exact) mass is 287 g/mol. The summed E-state index contributed by atoms with van der Waals surface area (Å²) >= 11 is 1.89. The van der Waals surface area contributed by atoms with Crippen molar-refractivity contribution in [3.63, 3.8) is 0 Å². The molecule has 100 valence electrons. The topological polar surface area (TPSA) is 98.2 Å². The summed E-state index contributed by atoms with van der Waals surface area (Å²) in [5, 5.41) is 8.42. The van der Waals surface area contributed by atoms with Crippen LogP contribution in [0.3, 0.4) is 0 Å². The number of nitrogen functional groups attached to an aromatic ring is 1. The normalized spacial score (nSPS) is 20.6. The molecule has 1 unspecified atom stereocenters. The molecule has 1 fully saturated rings. The summed E-state index contributed by atoms with van der Waals surface area (Å²) in [5.74, 6) is 2.20. The van der Waals surface area contributed by atoms with E-state index in [9.17, 15) is 8.42 Å². The van der Waals surface area contributed by atoms with E-state index < -0.39 is 10.0 Å². The lowest BCUT2D eigenvalue weighted by molar-refractivity contribution is 0.598. The summed E-state index contributed by atoms with van der Waals surface area (Å²) < 4.78 is 22.7. The van der Waals surface area contributed by atoms with Gasteiger partial charge in [0.2, 0.25) is 10.0 Å². The maximum Gasteiger partial charge on any atom is 0.240 e. The van der Waals surface area contributed by atoms with Crippen molar-refractivity contribution in [1.29, 1.82) is 0 Å². The molecule has 1 aromatic rings. The summed E-state index contributed by atoms with van der Waals surface area (Å²) in [7, 11) is -3.77. The molecule has 0 amide bonds. The van der Waals surface area contributed by atoms with Crippen LogP contribution in [0.4, 0.5) is 11.4 Å². The number of rotatable bonds is 3. The number of benzene rings is 1. The molecular formula is C11H17N3O2S2. The Morgan fingerprint density at radius 1 is 1.39 bits per heavy atom. The summed E-state index contributed by atoms with van der Waals surface area (Å²) in [5.41, 5.74) is 6.71. The van der Waals surface area contributed by atoms with Crippen LogP contribution in [0.25, 0.3) is 0 Å². The first kappa shape index (κ1) is 13.5. The molecule has 1 saturated heterocycles. The Labute approximate surface area is 111 Å². The fourth-order valence-corrected chi connectivity index (χ4v) is 3.75. The third-order valence-electron chi connectivity index (χ3n) is 2.89. The molecule has 0 aromatic heterocycles. The summed E-state index contributed by atoms with van der Waals surface area (Å²) in [6.45, 7) is 0. The number of nitrogens with two attached hydrogens (primary N) is 2. The molecule has 0 saturated carbocycles. The molecule has 2 rings (SSSR count). The van der Waals surface area contributed by atoms with Gasteiger partial charge in [-0.1, -0.05) is 6.07 Å². The number of para-hydroxylation sites is 1. The van der Waals surface area contributed by atoms with Gasteiger partial charge < -0.3 is 11.1 Å². The molecule has 1 aromatic carbocycles. The lowest BCUT2D eigenvalue weighted by Gasteiger charge is -2.24. The lowest BCUT2D eigenvalue weighted by atomic mass is 10.1. The Morgan fingerprint density at radius 3 is 2.78 bits per heavy atom. The average Bonchev–Trinajstić information content (AvgIpc) is 2.32. The van der Waals surface area contributed by atoms with Crippen LogP contribution < -0.4 is 16.2 Å². The number of anilines is 2. The van der Waals surface area contributed by atoms with Crippen molar-refractivity contribution in [3.8, 4) is 0 Å². The predicted molar refractivity (Wildman–Crippen MR) is 76.2 cm³/mol. The first-order chi connectivity index (χ1) is 8.48. The van der Waals surface area contributed by atoms with Crippen LogP contribution in [0.2, 0.25) is 0 Å². The van der Waals surface area contributed by atoms with Gasteiger partial charge in [-0.25, -0.2) is 13.6 Å².